The van der Waals surface area contributed by atoms with Crippen LogP contribution in [0, 0.1) is 18.6 Å². The number of hydrogen-bond acceptors (Lipinski definition) is 2. The Balaban J connectivity index is 2.01. The average molecular weight is 290 g/mol. The summed E-state index contributed by atoms with van der Waals surface area (Å²) in [5.74, 6) is 3.94. The van der Waals surface area contributed by atoms with Gasteiger partial charge in [-0.1, -0.05) is 36.4 Å². The fourth-order valence-electron chi connectivity index (χ4n) is 2.44. The minimum atomic E-state index is -0.817. The summed E-state index contributed by atoms with van der Waals surface area (Å²) in [7, 11) is 0. The molecule has 0 amide bonds. The van der Waals surface area contributed by atoms with Crippen molar-refractivity contribution in [2.75, 3.05) is 0 Å². The van der Waals surface area contributed by atoms with E-state index in [0.717, 1.165) is 18.9 Å². The van der Waals surface area contributed by atoms with Gasteiger partial charge in [-0.3, -0.25) is 11.3 Å². The summed E-state index contributed by atoms with van der Waals surface area (Å²) in [6.07, 6.45) is 1.97. The second kappa shape index (κ2) is 7.29. The van der Waals surface area contributed by atoms with Gasteiger partial charge in [-0.05, 0) is 48.9 Å². The van der Waals surface area contributed by atoms with Crippen molar-refractivity contribution in [1.29, 1.82) is 0 Å². The van der Waals surface area contributed by atoms with Gasteiger partial charge in [0.2, 0.25) is 0 Å². The van der Waals surface area contributed by atoms with E-state index in [1.54, 1.807) is 6.07 Å². The molecule has 0 saturated carbocycles. The first-order valence-corrected chi connectivity index (χ1v) is 7.05. The highest BCUT2D eigenvalue weighted by Gasteiger charge is 2.14. The Labute approximate surface area is 124 Å². The zero-order valence-electron chi connectivity index (χ0n) is 12.1. The molecular weight excluding hydrogens is 270 g/mol. The lowest BCUT2D eigenvalue weighted by Gasteiger charge is -2.17. The van der Waals surface area contributed by atoms with Crippen LogP contribution in [-0.2, 0) is 12.8 Å². The summed E-state index contributed by atoms with van der Waals surface area (Å²) < 4.78 is 26.9. The van der Waals surface area contributed by atoms with Gasteiger partial charge in [0.25, 0.3) is 0 Å². The largest absolute Gasteiger partial charge is 0.271 e. The quantitative estimate of drug-likeness (QED) is 0.633. The van der Waals surface area contributed by atoms with Gasteiger partial charge in [-0.15, -0.1) is 0 Å². The van der Waals surface area contributed by atoms with Gasteiger partial charge in [-0.25, -0.2) is 8.78 Å². The van der Waals surface area contributed by atoms with Crippen LogP contribution in [0.3, 0.4) is 0 Å². The highest BCUT2D eigenvalue weighted by molar-refractivity contribution is 5.26. The Hall–Kier alpha value is -1.78. The molecule has 1 atom stereocenters. The molecule has 0 radical (unpaired) electrons. The second-order valence-electron chi connectivity index (χ2n) is 5.25. The number of hydrogen-bond donors (Lipinski definition) is 2. The predicted molar refractivity (Wildman–Crippen MR) is 80.7 cm³/mol. The molecule has 2 aromatic rings. The average Bonchev–Trinajstić information content (AvgIpc) is 2.49. The van der Waals surface area contributed by atoms with Crippen molar-refractivity contribution in [3.63, 3.8) is 0 Å². The van der Waals surface area contributed by atoms with E-state index in [1.165, 1.54) is 17.2 Å². The Morgan fingerprint density at radius 3 is 2.48 bits per heavy atom. The van der Waals surface area contributed by atoms with E-state index in [4.69, 9.17) is 5.84 Å². The molecule has 0 heterocycles. The zero-order chi connectivity index (χ0) is 15.2. The standard InChI is InChI=1S/C17H20F2N2/c1-12-5-2-3-6-13(12)9-10-15(21-20)11-14-7-4-8-16(18)17(14)19/h2-8,15,21H,9-11,20H2,1H3. The van der Waals surface area contributed by atoms with Crippen molar-refractivity contribution >= 4 is 0 Å². The minimum Gasteiger partial charge on any atom is -0.271 e. The van der Waals surface area contributed by atoms with Crippen LogP contribution in [0.25, 0.3) is 0 Å². The predicted octanol–water partition coefficient (Wildman–Crippen LogP) is 3.28. The van der Waals surface area contributed by atoms with Crippen molar-refractivity contribution in [2.24, 2.45) is 5.84 Å². The normalized spacial score (nSPS) is 12.4. The van der Waals surface area contributed by atoms with Crippen LogP contribution in [0.2, 0.25) is 0 Å². The lowest BCUT2D eigenvalue weighted by Crippen LogP contribution is -2.37. The highest BCUT2D eigenvalue weighted by atomic mass is 19.2. The summed E-state index contributed by atoms with van der Waals surface area (Å²) in [5.41, 5.74) is 5.52. The number of nitrogens with two attached hydrogens (primary N) is 1. The number of halogens is 2. The van der Waals surface area contributed by atoms with Crippen molar-refractivity contribution in [3.05, 3.63) is 70.8 Å². The van der Waals surface area contributed by atoms with Gasteiger partial charge < -0.3 is 0 Å². The molecule has 2 nitrogen and oxygen atoms in total. The van der Waals surface area contributed by atoms with E-state index in [2.05, 4.69) is 24.5 Å². The van der Waals surface area contributed by atoms with Crippen LogP contribution in [0.15, 0.2) is 42.5 Å². The topological polar surface area (TPSA) is 38.0 Å². The molecule has 2 aromatic carbocycles. The second-order valence-corrected chi connectivity index (χ2v) is 5.25. The number of rotatable bonds is 6. The smallest absolute Gasteiger partial charge is 0.162 e. The summed E-state index contributed by atoms with van der Waals surface area (Å²) in [6.45, 7) is 2.06. The van der Waals surface area contributed by atoms with Gasteiger partial charge in [0.15, 0.2) is 11.6 Å². The van der Waals surface area contributed by atoms with Crippen molar-refractivity contribution in [3.8, 4) is 0 Å². The molecule has 3 N–H and O–H groups in total. The molecule has 0 fully saturated rings. The lowest BCUT2D eigenvalue weighted by atomic mass is 9.97. The lowest BCUT2D eigenvalue weighted by molar-refractivity contribution is 0.460. The third-order valence-electron chi connectivity index (χ3n) is 3.76. The number of benzene rings is 2. The third kappa shape index (κ3) is 4.09. The van der Waals surface area contributed by atoms with Crippen LogP contribution in [0.5, 0.6) is 0 Å². The Morgan fingerprint density at radius 1 is 1.05 bits per heavy atom. The van der Waals surface area contributed by atoms with E-state index in [-0.39, 0.29) is 6.04 Å². The van der Waals surface area contributed by atoms with E-state index in [1.807, 2.05) is 12.1 Å². The number of hydrazine groups is 1. The fraction of sp³-hybridized carbons (Fsp3) is 0.294. The molecule has 0 aliphatic rings. The fourth-order valence-corrected chi connectivity index (χ4v) is 2.44. The summed E-state index contributed by atoms with van der Waals surface area (Å²) in [4.78, 5) is 0. The summed E-state index contributed by atoms with van der Waals surface area (Å²) in [6, 6.07) is 12.3. The first-order valence-electron chi connectivity index (χ1n) is 7.05. The molecule has 112 valence electrons. The van der Waals surface area contributed by atoms with Crippen molar-refractivity contribution < 1.29 is 8.78 Å². The van der Waals surface area contributed by atoms with E-state index in [0.29, 0.717) is 12.0 Å². The van der Waals surface area contributed by atoms with Gasteiger partial charge in [0.05, 0.1) is 0 Å². The van der Waals surface area contributed by atoms with Crippen molar-refractivity contribution in [2.45, 2.75) is 32.2 Å². The monoisotopic (exact) mass is 290 g/mol. The molecule has 4 heteroatoms. The Morgan fingerprint density at radius 2 is 1.76 bits per heavy atom. The molecule has 0 aliphatic heterocycles. The minimum absolute atomic E-state index is 0.0964. The van der Waals surface area contributed by atoms with E-state index >= 15 is 0 Å². The molecule has 2 rings (SSSR count). The van der Waals surface area contributed by atoms with Crippen LogP contribution in [-0.4, -0.2) is 6.04 Å². The maximum absolute atomic E-state index is 13.7. The highest BCUT2D eigenvalue weighted by Crippen LogP contribution is 2.16. The van der Waals surface area contributed by atoms with Crippen molar-refractivity contribution in [1.82, 2.24) is 5.43 Å². The maximum atomic E-state index is 13.7. The van der Waals surface area contributed by atoms with Crippen LogP contribution in [0.1, 0.15) is 23.1 Å². The molecule has 21 heavy (non-hydrogen) atoms. The van der Waals surface area contributed by atoms with Gasteiger partial charge in [-0.2, -0.15) is 0 Å². The SMILES string of the molecule is Cc1ccccc1CCC(Cc1cccc(F)c1F)NN. The van der Waals surface area contributed by atoms with Crippen LogP contribution in [0.4, 0.5) is 8.78 Å². The zero-order valence-corrected chi connectivity index (χ0v) is 12.1. The number of aryl methyl sites for hydroxylation is 2. The van der Waals surface area contributed by atoms with E-state index in [9.17, 15) is 8.78 Å². The van der Waals surface area contributed by atoms with Gasteiger partial charge in [0, 0.05) is 6.04 Å². The van der Waals surface area contributed by atoms with Gasteiger partial charge >= 0.3 is 0 Å². The molecule has 0 bridgehead atoms. The Kier molecular flexibility index (Phi) is 5.42. The molecular formula is C17H20F2N2. The number of nitrogens with one attached hydrogen (secondary N) is 1. The molecule has 0 aromatic heterocycles. The first kappa shape index (κ1) is 15.6. The van der Waals surface area contributed by atoms with Crippen LogP contribution >= 0.6 is 0 Å². The summed E-state index contributed by atoms with van der Waals surface area (Å²) >= 11 is 0. The third-order valence-corrected chi connectivity index (χ3v) is 3.76. The molecule has 0 aliphatic carbocycles. The van der Waals surface area contributed by atoms with E-state index < -0.39 is 11.6 Å². The maximum Gasteiger partial charge on any atom is 0.162 e. The Bertz CT molecular complexity index is 599. The van der Waals surface area contributed by atoms with Crippen LogP contribution < -0.4 is 11.3 Å². The molecule has 0 spiro atoms. The summed E-state index contributed by atoms with van der Waals surface area (Å²) in [5, 5.41) is 0. The first-order chi connectivity index (χ1) is 10.1. The van der Waals surface area contributed by atoms with Gasteiger partial charge in [0.1, 0.15) is 0 Å². The molecule has 1 unspecified atom stereocenters. The molecule has 0 saturated heterocycles.